The number of benzene rings is 1. The first-order valence-electron chi connectivity index (χ1n) is 5.75. The van der Waals surface area contributed by atoms with Gasteiger partial charge < -0.3 is 4.74 Å². The van der Waals surface area contributed by atoms with Crippen molar-refractivity contribution in [1.29, 1.82) is 0 Å². The van der Waals surface area contributed by atoms with Crippen LogP contribution in [-0.2, 0) is 16.6 Å². The number of nitrogens with one attached hydrogen (secondary N) is 1. The summed E-state index contributed by atoms with van der Waals surface area (Å²) < 4.78 is 31.7. The molecule has 0 saturated carbocycles. The van der Waals surface area contributed by atoms with Crippen LogP contribution in [0, 0.1) is 0 Å². The molecule has 0 unspecified atom stereocenters. The maximum atomic E-state index is 12.1. The topological polar surface area (TPSA) is 68.3 Å². The quantitative estimate of drug-likeness (QED) is 0.860. The van der Waals surface area contributed by atoms with Gasteiger partial charge >= 0.3 is 0 Å². The Kier molecular flexibility index (Phi) is 4.59. The fourth-order valence-electron chi connectivity index (χ4n) is 1.56. The van der Waals surface area contributed by atoms with E-state index in [1.807, 2.05) is 0 Å². The van der Waals surface area contributed by atoms with Crippen molar-refractivity contribution in [1.82, 2.24) is 9.71 Å². The second-order valence-electron chi connectivity index (χ2n) is 3.99. The van der Waals surface area contributed by atoms with E-state index in [2.05, 4.69) is 9.71 Å². The predicted molar refractivity (Wildman–Crippen MR) is 76.3 cm³/mol. The van der Waals surface area contributed by atoms with Crippen molar-refractivity contribution >= 4 is 21.6 Å². The van der Waals surface area contributed by atoms with Crippen molar-refractivity contribution in [2.75, 3.05) is 7.11 Å². The van der Waals surface area contributed by atoms with Crippen molar-refractivity contribution in [2.24, 2.45) is 0 Å². The minimum atomic E-state index is -3.60. The molecule has 20 heavy (non-hydrogen) atoms. The first kappa shape index (κ1) is 14.8. The summed E-state index contributed by atoms with van der Waals surface area (Å²) in [5, 5.41) is 0.136. The number of methoxy groups -OCH3 is 1. The van der Waals surface area contributed by atoms with Crippen molar-refractivity contribution in [3.8, 4) is 5.75 Å². The van der Waals surface area contributed by atoms with Gasteiger partial charge in [0, 0.05) is 12.7 Å². The van der Waals surface area contributed by atoms with Crippen LogP contribution in [0.25, 0.3) is 0 Å². The molecule has 0 radical (unpaired) electrons. The Morgan fingerprint density at radius 3 is 2.55 bits per heavy atom. The highest BCUT2D eigenvalue weighted by atomic mass is 35.5. The number of sulfonamides is 1. The van der Waals surface area contributed by atoms with E-state index in [0.717, 1.165) is 11.3 Å². The molecule has 0 spiro atoms. The average Bonchev–Trinajstić information content (AvgIpc) is 2.46. The molecule has 0 aliphatic heterocycles. The van der Waals surface area contributed by atoms with Gasteiger partial charge in [0.1, 0.15) is 10.9 Å². The highest BCUT2D eigenvalue weighted by molar-refractivity contribution is 7.89. The zero-order valence-electron chi connectivity index (χ0n) is 10.7. The lowest BCUT2D eigenvalue weighted by Crippen LogP contribution is -2.23. The summed E-state index contributed by atoms with van der Waals surface area (Å²) in [5.41, 5.74) is 0.828. The molecule has 2 aromatic rings. The molecule has 0 fully saturated rings. The van der Waals surface area contributed by atoms with Gasteiger partial charge in [0.2, 0.25) is 10.0 Å². The zero-order chi connectivity index (χ0) is 14.6. The van der Waals surface area contributed by atoms with Crippen molar-refractivity contribution in [2.45, 2.75) is 11.4 Å². The summed E-state index contributed by atoms with van der Waals surface area (Å²) in [5.74, 6) is 0.720. The Bertz CT molecular complexity index is 687. The fourth-order valence-corrected chi connectivity index (χ4v) is 2.83. The van der Waals surface area contributed by atoms with E-state index in [9.17, 15) is 8.42 Å². The third-order valence-corrected chi connectivity index (χ3v) is 4.24. The first-order valence-corrected chi connectivity index (χ1v) is 7.61. The minimum absolute atomic E-state index is 0.0889. The van der Waals surface area contributed by atoms with Crippen LogP contribution in [0.2, 0.25) is 5.15 Å². The van der Waals surface area contributed by atoms with E-state index in [1.54, 1.807) is 31.4 Å². The van der Waals surface area contributed by atoms with E-state index in [4.69, 9.17) is 16.3 Å². The molecule has 0 saturated heterocycles. The second kappa shape index (κ2) is 6.21. The molecule has 2 rings (SSSR count). The lowest BCUT2D eigenvalue weighted by Gasteiger charge is -2.07. The van der Waals surface area contributed by atoms with Crippen molar-refractivity contribution < 1.29 is 13.2 Å². The Morgan fingerprint density at radius 2 is 1.95 bits per heavy atom. The number of nitrogens with zero attached hydrogens (tertiary/aromatic N) is 1. The molecule has 1 heterocycles. The van der Waals surface area contributed by atoms with Gasteiger partial charge in [-0.25, -0.2) is 18.1 Å². The number of halogens is 1. The van der Waals surface area contributed by atoms with Crippen LogP contribution in [0.1, 0.15) is 5.56 Å². The summed E-state index contributed by atoms with van der Waals surface area (Å²) in [6, 6.07) is 9.82. The Balaban J connectivity index is 2.09. The molecule has 0 aliphatic rings. The van der Waals surface area contributed by atoms with Gasteiger partial charge in [0.25, 0.3) is 0 Å². The van der Waals surface area contributed by atoms with Gasteiger partial charge in [0.05, 0.1) is 12.0 Å². The van der Waals surface area contributed by atoms with E-state index in [0.29, 0.717) is 0 Å². The van der Waals surface area contributed by atoms with E-state index < -0.39 is 10.0 Å². The van der Waals surface area contributed by atoms with Gasteiger partial charge in [0.15, 0.2) is 0 Å². The largest absolute Gasteiger partial charge is 0.497 e. The second-order valence-corrected chi connectivity index (χ2v) is 6.14. The summed E-state index contributed by atoms with van der Waals surface area (Å²) in [6.07, 6.45) is 1.35. The molecular weight excluding hydrogens is 300 g/mol. The molecule has 106 valence electrons. The molecule has 7 heteroatoms. The molecule has 0 atom stereocenters. The molecule has 0 aliphatic carbocycles. The van der Waals surface area contributed by atoms with Crippen LogP contribution in [-0.4, -0.2) is 20.5 Å². The fraction of sp³-hybridized carbons (Fsp3) is 0.154. The number of aromatic nitrogens is 1. The molecular formula is C13H13ClN2O3S. The molecule has 0 bridgehead atoms. The smallest absolute Gasteiger partial charge is 0.241 e. The number of hydrogen-bond acceptors (Lipinski definition) is 4. The van der Waals surface area contributed by atoms with Crippen LogP contribution in [0.15, 0.2) is 47.5 Å². The van der Waals surface area contributed by atoms with Gasteiger partial charge in [-0.2, -0.15) is 0 Å². The highest BCUT2D eigenvalue weighted by Gasteiger charge is 2.14. The summed E-state index contributed by atoms with van der Waals surface area (Å²) in [6.45, 7) is 0.187. The lowest BCUT2D eigenvalue weighted by atomic mass is 10.2. The van der Waals surface area contributed by atoms with Crippen molar-refractivity contribution in [3.63, 3.8) is 0 Å². The van der Waals surface area contributed by atoms with Crippen molar-refractivity contribution in [3.05, 3.63) is 53.3 Å². The maximum absolute atomic E-state index is 12.1. The van der Waals surface area contributed by atoms with Crippen LogP contribution in [0.5, 0.6) is 5.75 Å². The Morgan fingerprint density at radius 1 is 1.25 bits per heavy atom. The number of ether oxygens (including phenoxy) is 1. The maximum Gasteiger partial charge on any atom is 0.241 e. The van der Waals surface area contributed by atoms with Crippen LogP contribution >= 0.6 is 11.6 Å². The van der Waals surface area contributed by atoms with Crippen LogP contribution in [0.4, 0.5) is 0 Å². The van der Waals surface area contributed by atoms with Gasteiger partial charge in [-0.3, -0.25) is 0 Å². The Labute approximate surface area is 122 Å². The van der Waals surface area contributed by atoms with Gasteiger partial charge in [-0.1, -0.05) is 23.7 Å². The van der Waals surface area contributed by atoms with E-state index in [-0.39, 0.29) is 16.6 Å². The normalized spacial score (nSPS) is 11.3. The number of pyridine rings is 1. The molecule has 1 aromatic carbocycles. The third kappa shape index (κ3) is 3.69. The third-order valence-electron chi connectivity index (χ3n) is 2.63. The summed E-state index contributed by atoms with van der Waals surface area (Å²) in [7, 11) is -2.03. The van der Waals surface area contributed by atoms with Gasteiger partial charge in [-0.05, 0) is 29.8 Å². The zero-order valence-corrected chi connectivity index (χ0v) is 12.3. The van der Waals surface area contributed by atoms with Crippen LogP contribution in [0.3, 0.4) is 0 Å². The summed E-state index contributed by atoms with van der Waals surface area (Å²) in [4.78, 5) is 3.84. The SMILES string of the molecule is COc1ccc(CNS(=O)(=O)c2ccnc(Cl)c2)cc1. The minimum Gasteiger partial charge on any atom is -0.497 e. The number of rotatable bonds is 5. The average molecular weight is 313 g/mol. The van der Waals surface area contributed by atoms with Crippen LogP contribution < -0.4 is 9.46 Å². The monoisotopic (exact) mass is 312 g/mol. The van der Waals surface area contributed by atoms with E-state index in [1.165, 1.54) is 18.3 Å². The highest BCUT2D eigenvalue weighted by Crippen LogP contribution is 2.14. The first-order chi connectivity index (χ1) is 9.51. The predicted octanol–water partition coefficient (Wildman–Crippen LogP) is 2.22. The molecule has 0 amide bonds. The number of hydrogen-bond donors (Lipinski definition) is 1. The standard InChI is InChI=1S/C13H13ClN2O3S/c1-19-11-4-2-10(3-5-11)9-16-20(17,18)12-6-7-15-13(14)8-12/h2-8,16H,9H2,1H3. The van der Waals surface area contributed by atoms with E-state index >= 15 is 0 Å². The Hall–Kier alpha value is -1.63. The molecule has 5 nitrogen and oxygen atoms in total. The molecule has 1 aromatic heterocycles. The summed E-state index contributed by atoms with van der Waals surface area (Å²) >= 11 is 5.68. The lowest BCUT2D eigenvalue weighted by molar-refractivity contribution is 0.414. The molecule has 1 N–H and O–H groups in total. The van der Waals surface area contributed by atoms with Gasteiger partial charge in [-0.15, -0.1) is 0 Å².